The summed E-state index contributed by atoms with van der Waals surface area (Å²) in [6, 6.07) is 24.6. The molecule has 4 aromatic rings. The molecule has 152 valence electrons. The Hall–Kier alpha value is -3.45. The van der Waals surface area contributed by atoms with E-state index < -0.39 is 11.7 Å². The van der Waals surface area contributed by atoms with Crippen molar-refractivity contribution in [2.75, 3.05) is 0 Å². The van der Waals surface area contributed by atoms with Gasteiger partial charge >= 0.3 is 6.18 Å². The van der Waals surface area contributed by atoms with Crippen molar-refractivity contribution in [1.29, 1.82) is 0 Å². The van der Waals surface area contributed by atoms with Gasteiger partial charge in [0.15, 0.2) is 0 Å². The highest BCUT2D eigenvalue weighted by Crippen LogP contribution is 2.31. The molecule has 30 heavy (non-hydrogen) atoms. The van der Waals surface area contributed by atoms with Crippen LogP contribution in [0.4, 0.5) is 13.2 Å². The lowest BCUT2D eigenvalue weighted by atomic mass is 9.99. The zero-order valence-corrected chi connectivity index (χ0v) is 15.8. The van der Waals surface area contributed by atoms with Crippen LogP contribution in [0.15, 0.2) is 89.5 Å². The second kappa shape index (κ2) is 8.51. The first-order valence-corrected chi connectivity index (χ1v) is 9.34. The molecule has 0 aliphatic heterocycles. The average molecular weight is 409 g/mol. The number of alkyl halides is 3. The molecule has 0 unspecified atom stereocenters. The van der Waals surface area contributed by atoms with Gasteiger partial charge in [-0.1, -0.05) is 78.0 Å². The molecule has 3 aromatic carbocycles. The van der Waals surface area contributed by atoms with Crippen LogP contribution in [0, 0.1) is 0 Å². The third-order valence-corrected chi connectivity index (χ3v) is 4.64. The van der Waals surface area contributed by atoms with E-state index in [1.165, 1.54) is 12.1 Å². The van der Waals surface area contributed by atoms with Gasteiger partial charge < -0.3 is 4.52 Å². The van der Waals surface area contributed by atoms with Gasteiger partial charge in [0.05, 0.1) is 18.2 Å². The monoisotopic (exact) mass is 409 g/mol. The molecule has 0 aliphatic rings. The fraction of sp³-hybridized carbons (Fsp3) is 0.130. The number of halogens is 3. The van der Waals surface area contributed by atoms with Crippen LogP contribution in [0.5, 0.6) is 0 Å². The van der Waals surface area contributed by atoms with Crippen molar-refractivity contribution in [3.8, 4) is 11.4 Å². The highest BCUT2D eigenvalue weighted by atomic mass is 19.4. The maximum Gasteiger partial charge on any atom is 0.416 e. The largest absolute Gasteiger partial charge is 0.416 e. The van der Waals surface area contributed by atoms with Gasteiger partial charge in [0, 0.05) is 5.56 Å². The Morgan fingerprint density at radius 2 is 1.47 bits per heavy atom. The third-order valence-electron chi connectivity index (χ3n) is 4.64. The standard InChI is InChI=1S/C23H18F3N3O/c24-23(25,26)19-13-7-12-18(14-19)22-28-20(30-29-22)15-27-21(16-8-3-1-4-9-16)17-10-5-2-6-11-17/h1-14,21,27H,15H2. The summed E-state index contributed by atoms with van der Waals surface area (Å²) in [7, 11) is 0. The van der Waals surface area contributed by atoms with Crippen LogP contribution in [0.2, 0.25) is 0 Å². The molecule has 1 aromatic heterocycles. The second-order valence-electron chi connectivity index (χ2n) is 6.73. The number of rotatable bonds is 6. The van der Waals surface area contributed by atoms with E-state index in [9.17, 15) is 13.2 Å². The van der Waals surface area contributed by atoms with Crippen LogP contribution < -0.4 is 5.32 Å². The topological polar surface area (TPSA) is 51.0 Å². The lowest BCUT2D eigenvalue weighted by molar-refractivity contribution is -0.137. The number of hydrogen-bond acceptors (Lipinski definition) is 4. The van der Waals surface area contributed by atoms with Gasteiger partial charge in [0.1, 0.15) is 0 Å². The van der Waals surface area contributed by atoms with Gasteiger partial charge in [-0.2, -0.15) is 18.2 Å². The van der Waals surface area contributed by atoms with Crippen LogP contribution in [0.25, 0.3) is 11.4 Å². The van der Waals surface area contributed by atoms with Gasteiger partial charge in [-0.3, -0.25) is 5.32 Å². The number of aromatic nitrogens is 2. The molecule has 0 saturated heterocycles. The zero-order valence-electron chi connectivity index (χ0n) is 15.8. The molecule has 4 rings (SSSR count). The SMILES string of the molecule is FC(F)(F)c1cccc(-c2noc(CNC(c3ccccc3)c3ccccc3)n2)c1. The smallest absolute Gasteiger partial charge is 0.338 e. The Labute approximate surface area is 171 Å². The molecule has 1 heterocycles. The van der Waals surface area contributed by atoms with E-state index in [4.69, 9.17) is 4.52 Å². The van der Waals surface area contributed by atoms with Crippen LogP contribution in [0.3, 0.4) is 0 Å². The minimum absolute atomic E-state index is 0.101. The third kappa shape index (κ3) is 4.58. The summed E-state index contributed by atoms with van der Waals surface area (Å²) < 4.78 is 44.1. The van der Waals surface area contributed by atoms with E-state index in [0.29, 0.717) is 5.89 Å². The van der Waals surface area contributed by atoms with Crippen molar-refractivity contribution in [2.24, 2.45) is 0 Å². The van der Waals surface area contributed by atoms with Crippen LogP contribution >= 0.6 is 0 Å². The molecule has 0 fully saturated rings. The molecular formula is C23H18F3N3O. The molecule has 0 radical (unpaired) electrons. The first kappa shape index (κ1) is 19.8. The van der Waals surface area contributed by atoms with Crippen LogP contribution in [0.1, 0.15) is 28.6 Å². The van der Waals surface area contributed by atoms with Crippen molar-refractivity contribution in [3.05, 3.63) is 108 Å². The van der Waals surface area contributed by atoms with Gasteiger partial charge in [-0.05, 0) is 23.3 Å². The highest BCUT2D eigenvalue weighted by molar-refractivity contribution is 5.55. The Kier molecular flexibility index (Phi) is 5.63. The maximum atomic E-state index is 12.9. The van der Waals surface area contributed by atoms with Crippen LogP contribution in [-0.2, 0) is 12.7 Å². The Morgan fingerprint density at radius 1 is 0.833 bits per heavy atom. The fourth-order valence-electron chi connectivity index (χ4n) is 3.19. The Morgan fingerprint density at radius 3 is 2.07 bits per heavy atom. The summed E-state index contributed by atoms with van der Waals surface area (Å²) in [6.07, 6.45) is -4.43. The zero-order chi connectivity index (χ0) is 21.0. The Bertz CT molecular complexity index is 1060. The van der Waals surface area contributed by atoms with Crippen LogP contribution in [-0.4, -0.2) is 10.1 Å². The summed E-state index contributed by atoms with van der Waals surface area (Å²) in [5, 5.41) is 7.23. The number of hydrogen-bond donors (Lipinski definition) is 1. The lowest BCUT2D eigenvalue weighted by Crippen LogP contribution is -2.22. The Balaban J connectivity index is 1.53. The molecule has 0 spiro atoms. The van der Waals surface area contributed by atoms with Crippen molar-refractivity contribution in [2.45, 2.75) is 18.8 Å². The molecule has 0 saturated carbocycles. The normalized spacial score (nSPS) is 11.7. The van der Waals surface area contributed by atoms with Crippen molar-refractivity contribution < 1.29 is 17.7 Å². The summed E-state index contributed by atoms with van der Waals surface area (Å²) in [4.78, 5) is 4.26. The molecule has 1 N–H and O–H groups in total. The number of benzene rings is 3. The molecule has 0 amide bonds. The van der Waals surface area contributed by atoms with E-state index in [-0.39, 0.29) is 24.0 Å². The molecule has 0 bridgehead atoms. The number of nitrogens with one attached hydrogen (secondary N) is 1. The summed E-state index contributed by atoms with van der Waals surface area (Å²) in [5.41, 5.74) is 1.64. The maximum absolute atomic E-state index is 12.9. The average Bonchev–Trinajstić information content (AvgIpc) is 3.24. The van der Waals surface area contributed by atoms with Crippen molar-refractivity contribution in [3.63, 3.8) is 0 Å². The predicted octanol–water partition coefficient (Wildman–Crippen LogP) is 5.63. The first-order valence-electron chi connectivity index (χ1n) is 9.34. The van der Waals surface area contributed by atoms with Gasteiger partial charge in [-0.25, -0.2) is 0 Å². The lowest BCUT2D eigenvalue weighted by Gasteiger charge is -2.18. The van der Waals surface area contributed by atoms with E-state index in [0.717, 1.165) is 23.3 Å². The molecule has 7 heteroatoms. The van der Waals surface area contributed by atoms with Crippen molar-refractivity contribution >= 4 is 0 Å². The molecular weight excluding hydrogens is 391 g/mol. The quantitative estimate of drug-likeness (QED) is 0.448. The van der Waals surface area contributed by atoms with Gasteiger partial charge in [0.2, 0.25) is 11.7 Å². The molecule has 0 aliphatic carbocycles. The van der Waals surface area contributed by atoms with Gasteiger partial charge in [-0.15, -0.1) is 0 Å². The summed E-state index contributed by atoms with van der Waals surface area (Å²) in [6.45, 7) is 0.264. The van der Waals surface area contributed by atoms with E-state index in [2.05, 4.69) is 15.5 Å². The second-order valence-corrected chi connectivity index (χ2v) is 6.73. The van der Waals surface area contributed by atoms with E-state index >= 15 is 0 Å². The summed E-state index contributed by atoms with van der Waals surface area (Å²) in [5.74, 6) is 0.410. The highest BCUT2D eigenvalue weighted by Gasteiger charge is 2.30. The number of nitrogens with zero attached hydrogens (tertiary/aromatic N) is 2. The molecule has 4 nitrogen and oxygen atoms in total. The first-order chi connectivity index (χ1) is 14.5. The predicted molar refractivity (Wildman–Crippen MR) is 106 cm³/mol. The molecule has 0 atom stereocenters. The van der Waals surface area contributed by atoms with Gasteiger partial charge in [0.25, 0.3) is 0 Å². The van der Waals surface area contributed by atoms with E-state index in [1.54, 1.807) is 0 Å². The minimum Gasteiger partial charge on any atom is -0.338 e. The minimum atomic E-state index is -4.43. The van der Waals surface area contributed by atoms with E-state index in [1.807, 2.05) is 60.7 Å². The fourth-order valence-corrected chi connectivity index (χ4v) is 3.19. The van der Waals surface area contributed by atoms with Crippen molar-refractivity contribution in [1.82, 2.24) is 15.5 Å². The summed E-state index contributed by atoms with van der Waals surface area (Å²) >= 11 is 0.